The first-order chi connectivity index (χ1) is 16.9. The molecule has 0 bridgehead atoms. The molecule has 4 rings (SSSR count). The molecule has 2 fully saturated rings. The van der Waals surface area contributed by atoms with Crippen molar-refractivity contribution < 1.29 is 28.6 Å². The predicted octanol–water partition coefficient (Wildman–Crippen LogP) is 1.88. The number of ether oxygens (including phenoxy) is 3. The summed E-state index contributed by atoms with van der Waals surface area (Å²) in [6.45, 7) is 1.35. The zero-order chi connectivity index (χ0) is 24.9. The number of pyridine rings is 1. The van der Waals surface area contributed by atoms with Crippen molar-refractivity contribution in [1.82, 2.24) is 15.2 Å². The number of rotatable bonds is 7. The molecule has 1 atom stereocenters. The van der Waals surface area contributed by atoms with Gasteiger partial charge in [0.2, 0.25) is 17.6 Å². The Morgan fingerprint density at radius 3 is 2.31 bits per heavy atom. The largest absolute Gasteiger partial charge is 0.493 e. The quantitative estimate of drug-likeness (QED) is 0.642. The third-order valence-electron chi connectivity index (χ3n) is 6.50. The molecule has 2 aromatic rings. The second-order valence-corrected chi connectivity index (χ2v) is 8.60. The molecular formula is C25H30N4O6. The van der Waals surface area contributed by atoms with E-state index in [-0.39, 0.29) is 36.7 Å². The van der Waals surface area contributed by atoms with Crippen LogP contribution in [0.4, 0.5) is 5.69 Å². The summed E-state index contributed by atoms with van der Waals surface area (Å²) in [6.07, 6.45) is 4.62. The lowest BCUT2D eigenvalue weighted by atomic mass is 10.0. The van der Waals surface area contributed by atoms with Crippen molar-refractivity contribution in [1.29, 1.82) is 0 Å². The first kappa shape index (κ1) is 24.3. The fourth-order valence-corrected chi connectivity index (χ4v) is 4.61. The summed E-state index contributed by atoms with van der Waals surface area (Å²) in [5.41, 5.74) is 1.11. The Morgan fingerprint density at radius 2 is 1.74 bits per heavy atom. The van der Waals surface area contributed by atoms with Crippen molar-refractivity contribution in [2.45, 2.75) is 25.3 Å². The van der Waals surface area contributed by atoms with Crippen molar-refractivity contribution in [2.75, 3.05) is 45.9 Å². The highest BCUT2D eigenvalue weighted by Gasteiger charge is 2.38. The van der Waals surface area contributed by atoms with Gasteiger partial charge in [0.05, 0.1) is 38.5 Å². The molecule has 1 unspecified atom stereocenters. The van der Waals surface area contributed by atoms with E-state index in [1.807, 2.05) is 0 Å². The summed E-state index contributed by atoms with van der Waals surface area (Å²) in [7, 11) is 4.55. The lowest BCUT2D eigenvalue weighted by molar-refractivity contribution is -0.136. The number of nitrogens with zero attached hydrogens (tertiary/aromatic N) is 3. The highest BCUT2D eigenvalue weighted by Crippen LogP contribution is 2.42. The topological polar surface area (TPSA) is 110 Å². The highest BCUT2D eigenvalue weighted by atomic mass is 16.5. The molecule has 0 radical (unpaired) electrons. The van der Waals surface area contributed by atoms with Gasteiger partial charge in [0, 0.05) is 56.6 Å². The number of benzene rings is 1. The third-order valence-corrected chi connectivity index (χ3v) is 6.50. The molecule has 1 N–H and O–H groups in total. The minimum Gasteiger partial charge on any atom is -0.493 e. The number of likely N-dealkylation sites (tertiary alicyclic amines) is 1. The van der Waals surface area contributed by atoms with Crippen molar-refractivity contribution in [3.8, 4) is 17.2 Å². The SMILES string of the molecule is COc1cc(N2CC(C(=O)N3CCC(NC(=O)c4cccnc4)CC3)CC2=O)cc(OC)c1OC. The maximum atomic E-state index is 13.2. The molecule has 3 amide bonds. The average molecular weight is 483 g/mol. The van der Waals surface area contributed by atoms with Gasteiger partial charge in [-0.25, -0.2) is 0 Å². The number of nitrogens with one attached hydrogen (secondary N) is 1. The molecule has 0 saturated carbocycles. The van der Waals surface area contributed by atoms with Gasteiger partial charge in [-0.05, 0) is 25.0 Å². The molecule has 3 heterocycles. The number of piperidine rings is 1. The van der Waals surface area contributed by atoms with Gasteiger partial charge in [-0.2, -0.15) is 0 Å². The zero-order valence-corrected chi connectivity index (χ0v) is 20.2. The fourth-order valence-electron chi connectivity index (χ4n) is 4.61. The number of amides is 3. The smallest absolute Gasteiger partial charge is 0.253 e. The second kappa shape index (κ2) is 10.6. The normalized spacial score (nSPS) is 18.4. The van der Waals surface area contributed by atoms with Crippen molar-refractivity contribution >= 4 is 23.4 Å². The highest BCUT2D eigenvalue weighted by molar-refractivity contribution is 6.01. The number of hydrogen-bond acceptors (Lipinski definition) is 7. The van der Waals surface area contributed by atoms with Gasteiger partial charge in [0.1, 0.15) is 0 Å². The summed E-state index contributed by atoms with van der Waals surface area (Å²) in [6, 6.07) is 6.86. The van der Waals surface area contributed by atoms with Crippen LogP contribution in [0.2, 0.25) is 0 Å². The standard InChI is InChI=1S/C25H30N4O6/c1-33-20-12-19(13-21(34-2)23(20)35-3)29-15-17(11-22(29)30)25(32)28-9-6-18(7-10-28)27-24(31)16-5-4-8-26-14-16/h4-5,8,12-14,17-18H,6-7,9-11,15H2,1-3H3,(H,27,31). The molecule has 0 aliphatic carbocycles. The Hall–Kier alpha value is -3.82. The van der Waals surface area contributed by atoms with Crippen LogP contribution in [-0.4, -0.2) is 74.6 Å². The number of hydrogen-bond donors (Lipinski definition) is 1. The second-order valence-electron chi connectivity index (χ2n) is 8.60. The van der Waals surface area contributed by atoms with Crippen LogP contribution in [0, 0.1) is 5.92 Å². The first-order valence-electron chi connectivity index (χ1n) is 11.5. The van der Waals surface area contributed by atoms with Gasteiger partial charge in [-0.1, -0.05) is 0 Å². The van der Waals surface area contributed by atoms with Crippen LogP contribution in [-0.2, 0) is 9.59 Å². The monoisotopic (exact) mass is 482 g/mol. The Labute approximate surface area is 204 Å². The number of carbonyl (C=O) groups excluding carboxylic acids is 3. The number of anilines is 1. The first-order valence-corrected chi connectivity index (χ1v) is 11.5. The Balaban J connectivity index is 1.36. The summed E-state index contributed by atoms with van der Waals surface area (Å²) < 4.78 is 16.2. The molecule has 1 aromatic carbocycles. The van der Waals surface area contributed by atoms with Crippen molar-refractivity contribution in [3.63, 3.8) is 0 Å². The summed E-state index contributed by atoms with van der Waals surface area (Å²) >= 11 is 0. The van der Waals surface area contributed by atoms with Crippen LogP contribution in [0.3, 0.4) is 0 Å². The Bertz CT molecular complexity index is 1060. The lowest BCUT2D eigenvalue weighted by Crippen LogP contribution is -2.48. The molecule has 186 valence electrons. The minimum atomic E-state index is -0.428. The molecule has 10 nitrogen and oxygen atoms in total. The number of carbonyl (C=O) groups is 3. The van der Waals surface area contributed by atoms with Crippen LogP contribution in [0.1, 0.15) is 29.6 Å². The van der Waals surface area contributed by atoms with Crippen LogP contribution < -0.4 is 24.4 Å². The van der Waals surface area contributed by atoms with Crippen molar-refractivity contribution in [3.05, 3.63) is 42.2 Å². The summed E-state index contributed by atoms with van der Waals surface area (Å²) in [5.74, 6) is 0.575. The van der Waals surface area contributed by atoms with Gasteiger partial charge in [-0.3, -0.25) is 19.4 Å². The number of methoxy groups -OCH3 is 3. The van der Waals surface area contributed by atoms with Gasteiger partial charge in [-0.15, -0.1) is 0 Å². The van der Waals surface area contributed by atoms with E-state index < -0.39 is 5.92 Å². The molecule has 1 aromatic heterocycles. The van der Waals surface area contributed by atoms with E-state index in [0.29, 0.717) is 54.4 Å². The van der Waals surface area contributed by atoms with Crippen molar-refractivity contribution in [2.24, 2.45) is 5.92 Å². The minimum absolute atomic E-state index is 0.00677. The van der Waals surface area contributed by atoms with Gasteiger partial charge in [0.25, 0.3) is 5.91 Å². The zero-order valence-electron chi connectivity index (χ0n) is 20.2. The molecule has 35 heavy (non-hydrogen) atoms. The molecule has 10 heteroatoms. The average Bonchev–Trinajstić information content (AvgIpc) is 3.29. The fraction of sp³-hybridized carbons (Fsp3) is 0.440. The Morgan fingerprint density at radius 1 is 1.06 bits per heavy atom. The molecule has 2 saturated heterocycles. The molecular weight excluding hydrogens is 452 g/mol. The van der Waals surface area contributed by atoms with Gasteiger partial charge < -0.3 is 29.3 Å². The maximum absolute atomic E-state index is 13.2. The molecule has 2 aliphatic heterocycles. The van der Waals surface area contributed by atoms with Crippen LogP contribution in [0.5, 0.6) is 17.2 Å². The summed E-state index contributed by atoms with van der Waals surface area (Å²) in [5, 5.41) is 3.02. The van der Waals surface area contributed by atoms with Gasteiger partial charge in [0.15, 0.2) is 11.5 Å². The molecule has 2 aliphatic rings. The van der Waals surface area contributed by atoms with E-state index in [9.17, 15) is 14.4 Å². The predicted molar refractivity (Wildman–Crippen MR) is 128 cm³/mol. The van der Waals surface area contributed by atoms with E-state index in [2.05, 4.69) is 10.3 Å². The number of aromatic nitrogens is 1. The Kier molecular flexibility index (Phi) is 7.38. The van der Waals surface area contributed by atoms with Crippen LogP contribution in [0.25, 0.3) is 0 Å². The van der Waals surface area contributed by atoms with Crippen LogP contribution >= 0.6 is 0 Å². The van der Waals surface area contributed by atoms with Crippen LogP contribution in [0.15, 0.2) is 36.7 Å². The third kappa shape index (κ3) is 5.16. The van der Waals surface area contributed by atoms with E-state index in [0.717, 1.165) is 0 Å². The van der Waals surface area contributed by atoms with E-state index in [1.165, 1.54) is 27.5 Å². The van der Waals surface area contributed by atoms with E-state index >= 15 is 0 Å². The van der Waals surface area contributed by atoms with E-state index in [1.54, 1.807) is 40.3 Å². The maximum Gasteiger partial charge on any atom is 0.253 e. The lowest BCUT2D eigenvalue weighted by Gasteiger charge is -2.33. The van der Waals surface area contributed by atoms with Gasteiger partial charge >= 0.3 is 0 Å². The molecule has 0 spiro atoms. The van der Waals surface area contributed by atoms with E-state index in [4.69, 9.17) is 14.2 Å². The summed E-state index contributed by atoms with van der Waals surface area (Å²) in [4.78, 5) is 45.8.